The molecule has 0 aliphatic rings. The van der Waals surface area contributed by atoms with Crippen LogP contribution in [0.3, 0.4) is 0 Å². The summed E-state index contributed by atoms with van der Waals surface area (Å²) < 4.78 is 0. The quantitative estimate of drug-likeness (QED) is 0.638. The van der Waals surface area contributed by atoms with Gasteiger partial charge in [-0.3, -0.25) is 4.98 Å². The van der Waals surface area contributed by atoms with Gasteiger partial charge in [0, 0.05) is 18.4 Å². The Bertz CT molecular complexity index is 201. The summed E-state index contributed by atoms with van der Waals surface area (Å²) in [7, 11) is 0. The summed E-state index contributed by atoms with van der Waals surface area (Å²) in [6.45, 7) is 0.0301. The van der Waals surface area contributed by atoms with Crippen molar-refractivity contribution >= 4 is 0 Å². The Morgan fingerprint density at radius 1 is 1.45 bits per heavy atom. The van der Waals surface area contributed by atoms with E-state index in [-0.39, 0.29) is 12.6 Å². The van der Waals surface area contributed by atoms with Crippen LogP contribution in [-0.4, -0.2) is 22.7 Å². The summed E-state index contributed by atoms with van der Waals surface area (Å²) in [5.74, 6) is 0. The number of aliphatic hydroxyl groups is 1. The summed E-state index contributed by atoms with van der Waals surface area (Å²) in [4.78, 5) is 3.88. The van der Waals surface area contributed by atoms with Gasteiger partial charge in [-0.2, -0.15) is 0 Å². The monoisotopic (exact) mass is 152 g/mol. The molecule has 0 saturated heterocycles. The maximum Gasteiger partial charge on any atom is 0.0585 e. The Hall–Kier alpha value is -0.930. The molecule has 1 aromatic rings. The van der Waals surface area contributed by atoms with Gasteiger partial charge < -0.3 is 10.8 Å². The van der Waals surface area contributed by atoms with Crippen molar-refractivity contribution in [1.82, 2.24) is 4.98 Å². The molecule has 3 heteroatoms. The predicted octanol–water partition coefficient (Wildman–Crippen LogP) is -0.0563. The molecular weight excluding hydrogens is 140 g/mol. The molecule has 60 valence electrons. The molecule has 1 atom stereocenters. The van der Waals surface area contributed by atoms with Gasteiger partial charge in [0.25, 0.3) is 0 Å². The van der Waals surface area contributed by atoms with Crippen LogP contribution >= 0.6 is 0 Å². The van der Waals surface area contributed by atoms with Crippen LogP contribution in [-0.2, 0) is 6.42 Å². The van der Waals surface area contributed by atoms with Crippen LogP contribution in [0.15, 0.2) is 24.5 Å². The van der Waals surface area contributed by atoms with Crippen LogP contribution in [0.25, 0.3) is 0 Å². The highest BCUT2D eigenvalue weighted by molar-refractivity contribution is 5.10. The molecule has 0 aliphatic heterocycles. The molecule has 3 nitrogen and oxygen atoms in total. The van der Waals surface area contributed by atoms with E-state index in [2.05, 4.69) is 4.98 Å². The van der Waals surface area contributed by atoms with E-state index in [4.69, 9.17) is 10.8 Å². The Morgan fingerprint density at radius 3 is 2.64 bits per heavy atom. The van der Waals surface area contributed by atoms with E-state index in [1.54, 1.807) is 12.4 Å². The number of hydrogen-bond donors (Lipinski definition) is 2. The van der Waals surface area contributed by atoms with Crippen molar-refractivity contribution in [3.63, 3.8) is 0 Å². The third-order valence-corrected chi connectivity index (χ3v) is 1.48. The fourth-order valence-electron chi connectivity index (χ4n) is 0.886. The highest BCUT2D eigenvalue weighted by Gasteiger charge is 2.00. The zero-order chi connectivity index (χ0) is 8.10. The molecule has 0 aliphatic carbocycles. The molecule has 1 aromatic heterocycles. The first-order valence-electron chi connectivity index (χ1n) is 3.58. The van der Waals surface area contributed by atoms with Crippen LogP contribution in [0, 0.1) is 0 Å². The highest BCUT2D eigenvalue weighted by Crippen LogP contribution is 1.98. The summed E-state index contributed by atoms with van der Waals surface area (Å²) >= 11 is 0. The fraction of sp³-hybridized carbons (Fsp3) is 0.375. The van der Waals surface area contributed by atoms with Crippen molar-refractivity contribution in [1.29, 1.82) is 0 Å². The standard InChI is InChI=1S/C8H12N2O/c9-8(6-11)5-7-1-3-10-4-2-7/h1-4,8,11H,5-6,9H2/t8-/m0/s1. The molecule has 0 aromatic carbocycles. The average Bonchev–Trinajstić information content (AvgIpc) is 2.06. The largest absolute Gasteiger partial charge is 0.395 e. The molecule has 0 saturated carbocycles. The van der Waals surface area contributed by atoms with Crippen LogP contribution in [0.5, 0.6) is 0 Å². The van der Waals surface area contributed by atoms with E-state index in [0.29, 0.717) is 6.42 Å². The van der Waals surface area contributed by atoms with E-state index < -0.39 is 0 Å². The number of nitrogens with two attached hydrogens (primary N) is 1. The van der Waals surface area contributed by atoms with Crippen LogP contribution < -0.4 is 5.73 Å². The molecule has 3 N–H and O–H groups in total. The summed E-state index contributed by atoms with van der Waals surface area (Å²) in [5.41, 5.74) is 6.65. The number of pyridine rings is 1. The maximum absolute atomic E-state index is 8.66. The van der Waals surface area contributed by atoms with Crippen molar-refractivity contribution in [3.05, 3.63) is 30.1 Å². The van der Waals surface area contributed by atoms with E-state index in [1.165, 1.54) is 0 Å². The summed E-state index contributed by atoms with van der Waals surface area (Å²) in [5, 5.41) is 8.66. The fourth-order valence-corrected chi connectivity index (χ4v) is 0.886. The topological polar surface area (TPSA) is 59.1 Å². The molecular formula is C8H12N2O. The zero-order valence-electron chi connectivity index (χ0n) is 6.27. The lowest BCUT2D eigenvalue weighted by Crippen LogP contribution is -2.26. The van der Waals surface area contributed by atoms with Gasteiger partial charge in [0.2, 0.25) is 0 Å². The number of nitrogens with zero attached hydrogens (tertiary/aromatic N) is 1. The number of aliphatic hydroxyl groups excluding tert-OH is 1. The van der Waals surface area contributed by atoms with Gasteiger partial charge in [0.1, 0.15) is 0 Å². The van der Waals surface area contributed by atoms with E-state index in [0.717, 1.165) is 5.56 Å². The van der Waals surface area contributed by atoms with Crippen molar-refractivity contribution in [3.8, 4) is 0 Å². The van der Waals surface area contributed by atoms with Gasteiger partial charge in [0.05, 0.1) is 6.61 Å². The first kappa shape index (κ1) is 8.17. The van der Waals surface area contributed by atoms with E-state index in [9.17, 15) is 0 Å². The van der Waals surface area contributed by atoms with E-state index >= 15 is 0 Å². The third kappa shape index (κ3) is 2.65. The molecule has 0 spiro atoms. The predicted molar refractivity (Wildman–Crippen MR) is 43.0 cm³/mol. The number of aromatic nitrogens is 1. The minimum Gasteiger partial charge on any atom is -0.395 e. The second-order valence-corrected chi connectivity index (χ2v) is 2.50. The van der Waals surface area contributed by atoms with Crippen molar-refractivity contribution in [2.75, 3.05) is 6.61 Å². The van der Waals surface area contributed by atoms with Gasteiger partial charge in [0.15, 0.2) is 0 Å². The summed E-state index contributed by atoms with van der Waals surface area (Å²) in [6, 6.07) is 3.64. The smallest absolute Gasteiger partial charge is 0.0585 e. The first-order chi connectivity index (χ1) is 5.33. The Kier molecular flexibility index (Phi) is 3.01. The van der Waals surface area contributed by atoms with Gasteiger partial charge in [-0.15, -0.1) is 0 Å². The Morgan fingerprint density at radius 2 is 2.09 bits per heavy atom. The second kappa shape index (κ2) is 4.05. The van der Waals surface area contributed by atoms with E-state index in [1.807, 2.05) is 12.1 Å². The number of hydrogen-bond acceptors (Lipinski definition) is 3. The minimum absolute atomic E-state index is 0.0301. The molecule has 0 bridgehead atoms. The highest BCUT2D eigenvalue weighted by atomic mass is 16.3. The second-order valence-electron chi connectivity index (χ2n) is 2.50. The SMILES string of the molecule is N[C@H](CO)Cc1ccncc1. The lowest BCUT2D eigenvalue weighted by molar-refractivity contribution is 0.265. The Balaban J connectivity index is 2.51. The zero-order valence-corrected chi connectivity index (χ0v) is 6.27. The maximum atomic E-state index is 8.66. The molecule has 11 heavy (non-hydrogen) atoms. The average molecular weight is 152 g/mol. The Labute approximate surface area is 65.9 Å². The molecule has 1 heterocycles. The normalized spacial score (nSPS) is 12.9. The molecule has 0 fully saturated rings. The van der Waals surface area contributed by atoms with Gasteiger partial charge >= 0.3 is 0 Å². The number of rotatable bonds is 3. The lowest BCUT2D eigenvalue weighted by atomic mass is 10.1. The summed E-state index contributed by atoms with van der Waals surface area (Å²) in [6.07, 6.45) is 4.15. The van der Waals surface area contributed by atoms with Crippen LogP contribution in [0.4, 0.5) is 0 Å². The van der Waals surface area contributed by atoms with Crippen LogP contribution in [0.1, 0.15) is 5.56 Å². The lowest BCUT2D eigenvalue weighted by Gasteiger charge is -2.06. The molecule has 1 rings (SSSR count). The van der Waals surface area contributed by atoms with Crippen LogP contribution in [0.2, 0.25) is 0 Å². The minimum atomic E-state index is -0.155. The molecule has 0 amide bonds. The van der Waals surface area contributed by atoms with Gasteiger partial charge in [-0.05, 0) is 24.1 Å². The van der Waals surface area contributed by atoms with Crippen molar-refractivity contribution in [2.45, 2.75) is 12.5 Å². The molecule has 0 unspecified atom stereocenters. The van der Waals surface area contributed by atoms with Crippen molar-refractivity contribution in [2.24, 2.45) is 5.73 Å². The van der Waals surface area contributed by atoms with Gasteiger partial charge in [-0.1, -0.05) is 0 Å². The molecule has 0 radical (unpaired) electrons. The third-order valence-electron chi connectivity index (χ3n) is 1.48. The first-order valence-corrected chi connectivity index (χ1v) is 3.58. The van der Waals surface area contributed by atoms with Gasteiger partial charge in [-0.25, -0.2) is 0 Å². The van der Waals surface area contributed by atoms with Crippen molar-refractivity contribution < 1.29 is 5.11 Å².